The molecule has 0 heterocycles. The molecule has 4 N–H and O–H groups in total. The lowest BCUT2D eigenvalue weighted by Gasteiger charge is -2.29. The van der Waals surface area contributed by atoms with Crippen molar-refractivity contribution in [2.45, 2.75) is 53.1 Å². The minimum absolute atomic E-state index is 0.0576. The Labute approximate surface area is 103 Å². The van der Waals surface area contributed by atoms with E-state index in [1.54, 1.807) is 0 Å². The molecule has 5 nitrogen and oxygen atoms in total. The van der Waals surface area contributed by atoms with E-state index in [0.29, 0.717) is 0 Å². The maximum absolute atomic E-state index is 11.9. The van der Waals surface area contributed by atoms with Gasteiger partial charge in [-0.05, 0) is 11.3 Å². The van der Waals surface area contributed by atoms with E-state index in [1.807, 2.05) is 34.6 Å². The number of carbonyl (C=O) groups is 2. The van der Waals surface area contributed by atoms with Crippen molar-refractivity contribution in [1.29, 1.82) is 0 Å². The topological polar surface area (TPSA) is 92.4 Å². The zero-order valence-electron chi connectivity index (χ0n) is 11.3. The first-order chi connectivity index (χ1) is 7.55. The Kier molecular flexibility index (Phi) is 5.61. The van der Waals surface area contributed by atoms with Gasteiger partial charge in [-0.1, -0.05) is 34.6 Å². The van der Waals surface area contributed by atoms with Crippen molar-refractivity contribution < 1.29 is 14.7 Å². The average Bonchev–Trinajstić information content (AvgIpc) is 2.13. The molecule has 5 heteroatoms. The van der Waals surface area contributed by atoms with Crippen molar-refractivity contribution in [1.82, 2.24) is 5.32 Å². The fourth-order valence-corrected chi connectivity index (χ4v) is 1.31. The lowest BCUT2D eigenvalue weighted by atomic mass is 9.86. The molecule has 0 saturated carbocycles. The van der Waals surface area contributed by atoms with Crippen LogP contribution in [-0.4, -0.2) is 29.1 Å². The summed E-state index contributed by atoms with van der Waals surface area (Å²) in [5, 5.41) is 11.5. The van der Waals surface area contributed by atoms with Crippen LogP contribution < -0.4 is 11.1 Å². The van der Waals surface area contributed by atoms with Gasteiger partial charge in [0.2, 0.25) is 5.91 Å². The lowest BCUT2D eigenvalue weighted by Crippen LogP contribution is -2.52. The Bertz CT molecular complexity index is 282. The van der Waals surface area contributed by atoms with E-state index in [9.17, 15) is 9.59 Å². The van der Waals surface area contributed by atoms with Gasteiger partial charge in [-0.3, -0.25) is 9.59 Å². The molecule has 0 aliphatic rings. The summed E-state index contributed by atoms with van der Waals surface area (Å²) in [6, 6.07) is -1.02. The SMILES string of the molecule is CC(C)C(CC(=O)O)NC(=O)C(N)C(C)(C)C. The van der Waals surface area contributed by atoms with Gasteiger partial charge in [-0.15, -0.1) is 0 Å². The molecule has 0 spiro atoms. The van der Waals surface area contributed by atoms with Gasteiger partial charge in [0.05, 0.1) is 12.5 Å². The van der Waals surface area contributed by atoms with Gasteiger partial charge in [-0.2, -0.15) is 0 Å². The average molecular weight is 244 g/mol. The first-order valence-corrected chi connectivity index (χ1v) is 5.83. The third kappa shape index (κ3) is 5.68. The second-order valence-electron chi connectivity index (χ2n) is 5.80. The molecular formula is C12H24N2O3. The smallest absolute Gasteiger partial charge is 0.305 e. The van der Waals surface area contributed by atoms with Crippen LogP contribution in [0, 0.1) is 11.3 Å². The van der Waals surface area contributed by atoms with Gasteiger partial charge < -0.3 is 16.2 Å². The third-order valence-electron chi connectivity index (χ3n) is 2.74. The standard InChI is InChI=1S/C12H24N2O3/c1-7(2)8(6-9(15)16)14-11(17)10(13)12(3,4)5/h7-8,10H,6,13H2,1-5H3,(H,14,17)(H,15,16). The van der Waals surface area contributed by atoms with Crippen molar-refractivity contribution in [2.24, 2.45) is 17.1 Å². The fourth-order valence-electron chi connectivity index (χ4n) is 1.31. The molecule has 0 rings (SSSR count). The molecule has 0 saturated heterocycles. The summed E-state index contributed by atoms with van der Waals surface area (Å²) in [5.74, 6) is -1.16. The molecule has 0 radical (unpaired) electrons. The minimum Gasteiger partial charge on any atom is -0.481 e. The predicted molar refractivity (Wildman–Crippen MR) is 66.5 cm³/mol. The summed E-state index contributed by atoms with van der Waals surface area (Å²) >= 11 is 0. The van der Waals surface area contributed by atoms with Gasteiger partial charge in [0.25, 0.3) is 0 Å². The Morgan fingerprint density at radius 2 is 1.76 bits per heavy atom. The number of carbonyl (C=O) groups excluding carboxylic acids is 1. The van der Waals surface area contributed by atoms with Gasteiger partial charge in [0.15, 0.2) is 0 Å². The molecule has 0 aromatic carbocycles. The number of aliphatic carboxylic acids is 1. The van der Waals surface area contributed by atoms with E-state index in [2.05, 4.69) is 5.32 Å². The zero-order valence-corrected chi connectivity index (χ0v) is 11.3. The maximum Gasteiger partial charge on any atom is 0.305 e. The van der Waals surface area contributed by atoms with E-state index in [4.69, 9.17) is 10.8 Å². The van der Waals surface area contributed by atoms with Crippen LogP contribution in [0.3, 0.4) is 0 Å². The third-order valence-corrected chi connectivity index (χ3v) is 2.74. The van der Waals surface area contributed by atoms with Crippen LogP contribution in [-0.2, 0) is 9.59 Å². The van der Waals surface area contributed by atoms with Crippen LogP contribution in [0.15, 0.2) is 0 Å². The fraction of sp³-hybridized carbons (Fsp3) is 0.833. The molecule has 0 aromatic heterocycles. The minimum atomic E-state index is -0.923. The Balaban J connectivity index is 4.56. The summed E-state index contributed by atoms with van der Waals surface area (Å²) in [5.41, 5.74) is 5.48. The highest BCUT2D eigenvalue weighted by Gasteiger charge is 2.30. The van der Waals surface area contributed by atoms with Crippen molar-refractivity contribution in [3.63, 3.8) is 0 Å². The molecule has 0 bridgehead atoms. The van der Waals surface area contributed by atoms with Crippen molar-refractivity contribution in [3.05, 3.63) is 0 Å². The van der Waals surface area contributed by atoms with Gasteiger partial charge in [0.1, 0.15) is 0 Å². The Morgan fingerprint density at radius 1 is 1.29 bits per heavy atom. The summed E-state index contributed by atoms with van der Waals surface area (Å²) in [6.45, 7) is 9.36. The molecule has 17 heavy (non-hydrogen) atoms. The lowest BCUT2D eigenvalue weighted by molar-refractivity contribution is -0.138. The highest BCUT2D eigenvalue weighted by atomic mass is 16.4. The molecule has 100 valence electrons. The van der Waals surface area contributed by atoms with Crippen LogP contribution in [0.2, 0.25) is 0 Å². The molecule has 1 amide bonds. The number of rotatable bonds is 5. The van der Waals surface area contributed by atoms with Crippen LogP contribution >= 0.6 is 0 Å². The predicted octanol–water partition coefficient (Wildman–Crippen LogP) is 0.975. The van der Waals surface area contributed by atoms with Crippen molar-refractivity contribution >= 4 is 11.9 Å². The van der Waals surface area contributed by atoms with E-state index < -0.39 is 12.0 Å². The monoisotopic (exact) mass is 244 g/mol. The van der Waals surface area contributed by atoms with Gasteiger partial charge >= 0.3 is 5.97 Å². The van der Waals surface area contributed by atoms with Gasteiger partial charge in [-0.25, -0.2) is 0 Å². The molecule has 0 aromatic rings. The number of carboxylic acids is 1. The largest absolute Gasteiger partial charge is 0.481 e. The van der Waals surface area contributed by atoms with Crippen LogP contribution in [0.1, 0.15) is 41.0 Å². The Hall–Kier alpha value is -1.10. The Morgan fingerprint density at radius 3 is 2.06 bits per heavy atom. The molecule has 0 aliphatic carbocycles. The van der Waals surface area contributed by atoms with Crippen molar-refractivity contribution in [3.8, 4) is 0 Å². The molecule has 2 atom stereocenters. The van der Waals surface area contributed by atoms with E-state index in [1.165, 1.54) is 0 Å². The molecule has 0 fully saturated rings. The zero-order chi connectivity index (χ0) is 13.8. The summed E-state index contributed by atoms with van der Waals surface area (Å²) in [6.07, 6.45) is -0.0831. The van der Waals surface area contributed by atoms with Crippen LogP contribution in [0.5, 0.6) is 0 Å². The summed E-state index contributed by atoms with van der Waals surface area (Å²) in [7, 11) is 0. The molecule has 0 aliphatic heterocycles. The highest BCUT2D eigenvalue weighted by molar-refractivity contribution is 5.83. The number of amides is 1. The number of carboxylic acid groups (broad SMARTS) is 1. The van der Waals surface area contributed by atoms with Crippen molar-refractivity contribution in [2.75, 3.05) is 0 Å². The number of nitrogens with one attached hydrogen (secondary N) is 1. The van der Waals surface area contributed by atoms with E-state index >= 15 is 0 Å². The maximum atomic E-state index is 11.9. The number of hydrogen-bond acceptors (Lipinski definition) is 3. The quantitative estimate of drug-likeness (QED) is 0.672. The van der Waals surface area contributed by atoms with Crippen LogP contribution in [0.4, 0.5) is 0 Å². The number of hydrogen-bond donors (Lipinski definition) is 3. The second kappa shape index (κ2) is 6.00. The molecule has 2 unspecified atom stereocenters. The summed E-state index contributed by atoms with van der Waals surface area (Å²) < 4.78 is 0. The summed E-state index contributed by atoms with van der Waals surface area (Å²) in [4.78, 5) is 22.5. The number of nitrogens with two attached hydrogens (primary N) is 1. The normalized spacial score (nSPS) is 15.5. The first-order valence-electron chi connectivity index (χ1n) is 5.83. The molecular weight excluding hydrogens is 220 g/mol. The van der Waals surface area contributed by atoms with E-state index in [-0.39, 0.29) is 29.7 Å². The van der Waals surface area contributed by atoms with Crippen LogP contribution in [0.25, 0.3) is 0 Å². The first kappa shape index (κ1) is 15.9. The second-order valence-corrected chi connectivity index (χ2v) is 5.80. The van der Waals surface area contributed by atoms with Gasteiger partial charge in [0, 0.05) is 6.04 Å². The highest BCUT2D eigenvalue weighted by Crippen LogP contribution is 2.18. The van der Waals surface area contributed by atoms with E-state index in [0.717, 1.165) is 0 Å².